The number of rotatable bonds is 6. The van der Waals surface area contributed by atoms with Gasteiger partial charge >= 0.3 is 0 Å². The Hall–Kier alpha value is -2.10. The Kier molecular flexibility index (Phi) is 8.28. The molecule has 7 heteroatoms. The molecule has 0 bridgehead atoms. The molecule has 0 aromatic heterocycles. The summed E-state index contributed by atoms with van der Waals surface area (Å²) in [7, 11) is 0. The number of hydrogen-bond acceptors (Lipinski definition) is 4. The SMILES string of the molecule is O=C(NCCCNC(=O)c1ccc2cc(O)ccc2c1)c1ccc(O)cc1.[Ac]. The van der Waals surface area contributed by atoms with Crippen molar-refractivity contribution in [2.24, 2.45) is 0 Å². The van der Waals surface area contributed by atoms with Gasteiger partial charge in [0.05, 0.1) is 0 Å². The number of fused-ring (bicyclic) bond motifs is 1. The van der Waals surface area contributed by atoms with Crippen molar-refractivity contribution >= 4 is 22.6 Å². The summed E-state index contributed by atoms with van der Waals surface area (Å²) in [6, 6.07) is 16.3. The zero-order valence-corrected chi connectivity index (χ0v) is 19.9. The molecule has 6 nitrogen and oxygen atoms in total. The van der Waals surface area contributed by atoms with E-state index in [0.29, 0.717) is 30.6 Å². The number of carbonyl (C=O) groups is 2. The molecule has 141 valence electrons. The molecule has 3 rings (SSSR count). The van der Waals surface area contributed by atoms with E-state index in [4.69, 9.17) is 0 Å². The van der Waals surface area contributed by atoms with Gasteiger partial charge in [-0.3, -0.25) is 9.59 Å². The summed E-state index contributed by atoms with van der Waals surface area (Å²) in [5, 5.41) is 26.0. The maximum atomic E-state index is 12.2. The van der Waals surface area contributed by atoms with Gasteiger partial charge in [-0.15, -0.1) is 0 Å². The van der Waals surface area contributed by atoms with Crippen LogP contribution >= 0.6 is 0 Å². The maximum Gasteiger partial charge on any atom is 0.251 e. The van der Waals surface area contributed by atoms with E-state index in [0.717, 1.165) is 10.8 Å². The van der Waals surface area contributed by atoms with Gasteiger partial charge in [-0.25, -0.2) is 0 Å². The summed E-state index contributed by atoms with van der Waals surface area (Å²) in [5.41, 5.74) is 1.01. The minimum absolute atomic E-state index is 0. The molecular weight excluding hydrogens is 571 g/mol. The Labute approximate surface area is 198 Å². The smallest absolute Gasteiger partial charge is 0.251 e. The average molecular weight is 591 g/mol. The van der Waals surface area contributed by atoms with Crippen molar-refractivity contribution in [1.29, 1.82) is 0 Å². The minimum Gasteiger partial charge on any atom is -0.508 e. The van der Waals surface area contributed by atoms with Gasteiger partial charge in [0, 0.05) is 68.3 Å². The summed E-state index contributed by atoms with van der Waals surface area (Å²) >= 11 is 0. The predicted octanol–water partition coefficient (Wildman–Crippen LogP) is 2.80. The van der Waals surface area contributed by atoms with Crippen LogP contribution in [0.5, 0.6) is 11.5 Å². The Balaban J connectivity index is 0.00000280. The summed E-state index contributed by atoms with van der Waals surface area (Å²) in [6.45, 7) is 0.860. The van der Waals surface area contributed by atoms with Crippen molar-refractivity contribution in [3.8, 4) is 11.5 Å². The van der Waals surface area contributed by atoms with E-state index < -0.39 is 0 Å². The fourth-order valence-electron chi connectivity index (χ4n) is 2.68. The molecule has 3 aromatic rings. The van der Waals surface area contributed by atoms with E-state index in [-0.39, 0.29) is 67.4 Å². The van der Waals surface area contributed by atoms with Crippen molar-refractivity contribution in [2.45, 2.75) is 6.42 Å². The number of hydrogen-bond donors (Lipinski definition) is 4. The van der Waals surface area contributed by atoms with Crippen LogP contribution in [-0.4, -0.2) is 35.1 Å². The first-order valence-corrected chi connectivity index (χ1v) is 8.61. The summed E-state index contributed by atoms with van der Waals surface area (Å²) < 4.78 is 0. The van der Waals surface area contributed by atoms with Crippen LogP contribution in [-0.2, 0) is 0 Å². The number of amides is 2. The van der Waals surface area contributed by atoms with E-state index in [1.807, 2.05) is 0 Å². The van der Waals surface area contributed by atoms with E-state index >= 15 is 0 Å². The molecule has 0 saturated heterocycles. The van der Waals surface area contributed by atoms with Crippen molar-refractivity contribution in [1.82, 2.24) is 10.6 Å². The van der Waals surface area contributed by atoms with Crippen molar-refractivity contribution in [3.63, 3.8) is 0 Å². The van der Waals surface area contributed by atoms with Gasteiger partial charge in [0.25, 0.3) is 11.8 Å². The number of phenols is 2. The van der Waals surface area contributed by atoms with Crippen molar-refractivity contribution < 1.29 is 63.9 Å². The Morgan fingerprint density at radius 3 is 1.86 bits per heavy atom. The van der Waals surface area contributed by atoms with Gasteiger partial charge in [-0.1, -0.05) is 12.1 Å². The van der Waals surface area contributed by atoms with Crippen molar-refractivity contribution in [2.75, 3.05) is 13.1 Å². The topological polar surface area (TPSA) is 98.7 Å². The molecule has 0 aliphatic rings. The van der Waals surface area contributed by atoms with Crippen LogP contribution in [0.3, 0.4) is 0 Å². The second kappa shape index (κ2) is 10.4. The monoisotopic (exact) mass is 591 g/mol. The molecule has 4 N–H and O–H groups in total. The number of nitrogens with one attached hydrogen (secondary N) is 2. The molecular formula is C21H20AcN2O4. The first-order valence-electron chi connectivity index (χ1n) is 8.61. The minimum atomic E-state index is -0.223. The standard InChI is InChI=1S/C21H20N2O4.Ac/c24-18-7-4-14(5-8-18)20(26)22-10-1-11-23-21(27)17-3-2-16-13-19(25)9-6-15(16)12-17;/h2-9,12-13,24-25H,1,10-11H2,(H,22,26)(H,23,27);. The van der Waals surface area contributed by atoms with E-state index in [9.17, 15) is 19.8 Å². The van der Waals surface area contributed by atoms with Gasteiger partial charge in [0.15, 0.2) is 0 Å². The first-order chi connectivity index (χ1) is 13.0. The molecule has 0 aliphatic carbocycles. The van der Waals surface area contributed by atoms with Gasteiger partial charge < -0.3 is 20.8 Å². The summed E-state index contributed by atoms with van der Waals surface area (Å²) in [6.07, 6.45) is 0.594. The van der Waals surface area contributed by atoms with Crippen LogP contribution in [0.2, 0.25) is 0 Å². The van der Waals surface area contributed by atoms with Gasteiger partial charge in [0.1, 0.15) is 11.5 Å². The summed E-state index contributed by atoms with van der Waals surface area (Å²) in [4.78, 5) is 24.2. The van der Waals surface area contributed by atoms with Crippen LogP contribution in [0.25, 0.3) is 10.8 Å². The zero-order valence-electron chi connectivity index (χ0n) is 15.2. The second-order valence-electron chi connectivity index (χ2n) is 6.16. The van der Waals surface area contributed by atoms with E-state index in [1.54, 1.807) is 48.5 Å². The molecule has 0 atom stereocenters. The van der Waals surface area contributed by atoms with E-state index in [2.05, 4.69) is 10.6 Å². The quantitative estimate of drug-likeness (QED) is 0.332. The fraction of sp³-hybridized carbons (Fsp3) is 0.143. The van der Waals surface area contributed by atoms with Gasteiger partial charge in [-0.05, 0) is 65.7 Å². The Morgan fingerprint density at radius 1 is 0.679 bits per heavy atom. The molecule has 0 fully saturated rings. The van der Waals surface area contributed by atoms with Crippen LogP contribution < -0.4 is 10.6 Å². The van der Waals surface area contributed by atoms with Gasteiger partial charge in [0.2, 0.25) is 0 Å². The van der Waals surface area contributed by atoms with Crippen LogP contribution in [0.1, 0.15) is 27.1 Å². The molecule has 0 unspecified atom stereocenters. The number of benzene rings is 3. The molecule has 0 aliphatic heterocycles. The first kappa shape index (κ1) is 22.2. The number of carbonyl (C=O) groups excluding carboxylic acids is 2. The second-order valence-corrected chi connectivity index (χ2v) is 6.16. The molecule has 1 radical (unpaired) electrons. The number of phenolic OH excluding ortho intramolecular Hbond substituents is 2. The Bertz CT molecular complexity index is 974. The van der Waals surface area contributed by atoms with E-state index in [1.165, 1.54) is 12.1 Å². The summed E-state index contributed by atoms with van der Waals surface area (Å²) in [5.74, 6) is -0.109. The Morgan fingerprint density at radius 2 is 1.18 bits per heavy atom. The third-order valence-corrected chi connectivity index (χ3v) is 4.14. The molecule has 0 heterocycles. The predicted molar refractivity (Wildman–Crippen MR) is 103 cm³/mol. The third kappa shape index (κ3) is 5.95. The van der Waals surface area contributed by atoms with Crippen LogP contribution in [0, 0.1) is 44.1 Å². The number of aromatic hydroxyl groups is 2. The fourth-order valence-corrected chi connectivity index (χ4v) is 2.68. The molecule has 2 amide bonds. The molecule has 0 saturated carbocycles. The molecule has 28 heavy (non-hydrogen) atoms. The van der Waals surface area contributed by atoms with Crippen LogP contribution in [0.4, 0.5) is 0 Å². The zero-order chi connectivity index (χ0) is 19.2. The maximum absolute atomic E-state index is 12.2. The third-order valence-electron chi connectivity index (χ3n) is 4.14. The average Bonchev–Trinajstić information content (AvgIpc) is 2.67. The van der Waals surface area contributed by atoms with Crippen LogP contribution in [0.15, 0.2) is 60.7 Å². The molecule has 0 spiro atoms. The van der Waals surface area contributed by atoms with Crippen molar-refractivity contribution in [3.05, 3.63) is 71.8 Å². The molecule has 3 aromatic carbocycles. The van der Waals surface area contributed by atoms with Gasteiger partial charge in [-0.2, -0.15) is 0 Å². The largest absolute Gasteiger partial charge is 0.508 e. The normalized spacial score (nSPS) is 10.1.